The molecular weight excluding hydrogens is 369 g/mol. The number of anilines is 1. The third kappa shape index (κ3) is 3.23. The second-order valence-electron chi connectivity index (χ2n) is 7.19. The molecule has 0 spiro atoms. The van der Waals surface area contributed by atoms with Gasteiger partial charge in [-0.05, 0) is 36.8 Å². The van der Waals surface area contributed by atoms with Crippen LogP contribution in [-0.4, -0.2) is 39.1 Å². The van der Waals surface area contributed by atoms with E-state index in [-0.39, 0.29) is 18.0 Å². The van der Waals surface area contributed by atoms with Crippen LogP contribution in [0.2, 0.25) is 0 Å². The van der Waals surface area contributed by atoms with Crippen molar-refractivity contribution in [3.05, 3.63) is 78.1 Å². The maximum Gasteiger partial charge on any atom is 0.188 e. The molecule has 0 aliphatic carbocycles. The molecular formula is C22H20FN5O. The van der Waals surface area contributed by atoms with Gasteiger partial charge in [0, 0.05) is 6.54 Å². The number of morpholine rings is 1. The van der Waals surface area contributed by atoms with Crippen LogP contribution in [0.15, 0.2) is 66.7 Å². The summed E-state index contributed by atoms with van der Waals surface area (Å²) in [6.45, 7) is 3.33. The van der Waals surface area contributed by atoms with Crippen molar-refractivity contribution >= 4 is 11.5 Å². The van der Waals surface area contributed by atoms with Crippen molar-refractivity contribution in [1.29, 1.82) is 0 Å². The van der Waals surface area contributed by atoms with Crippen molar-refractivity contribution < 1.29 is 9.13 Å². The van der Waals surface area contributed by atoms with Crippen molar-refractivity contribution in [2.75, 3.05) is 18.1 Å². The van der Waals surface area contributed by atoms with Gasteiger partial charge in [0.25, 0.3) is 0 Å². The zero-order valence-corrected chi connectivity index (χ0v) is 15.9. The van der Waals surface area contributed by atoms with Gasteiger partial charge in [-0.1, -0.05) is 42.5 Å². The number of aromatic nitrogens is 4. The number of hydrogen-bond acceptors (Lipinski definition) is 5. The molecule has 3 heterocycles. The van der Waals surface area contributed by atoms with E-state index < -0.39 is 0 Å². The summed E-state index contributed by atoms with van der Waals surface area (Å²) < 4.78 is 21.9. The summed E-state index contributed by atoms with van der Waals surface area (Å²) in [4.78, 5) is 2.23. The van der Waals surface area contributed by atoms with Crippen LogP contribution in [-0.2, 0) is 4.74 Å². The van der Waals surface area contributed by atoms with E-state index in [1.165, 1.54) is 11.6 Å². The second kappa shape index (κ2) is 7.25. The maximum atomic E-state index is 14.3. The van der Waals surface area contributed by atoms with E-state index in [1.807, 2.05) is 30.3 Å². The highest BCUT2D eigenvalue weighted by molar-refractivity contribution is 5.60. The highest BCUT2D eigenvalue weighted by Crippen LogP contribution is 2.31. The van der Waals surface area contributed by atoms with Gasteiger partial charge in [-0.3, -0.25) is 0 Å². The summed E-state index contributed by atoms with van der Waals surface area (Å²) in [5.74, 6) is 0.813. The molecule has 2 aromatic heterocycles. The summed E-state index contributed by atoms with van der Waals surface area (Å²) in [5.41, 5.74) is 2.11. The molecule has 29 heavy (non-hydrogen) atoms. The summed E-state index contributed by atoms with van der Waals surface area (Å²) in [5, 5.41) is 13.1. The Labute approximate surface area is 167 Å². The van der Waals surface area contributed by atoms with Crippen LogP contribution in [0.5, 0.6) is 0 Å². The number of nitrogens with zero attached hydrogens (tertiary/aromatic N) is 5. The molecule has 4 aromatic rings. The van der Waals surface area contributed by atoms with E-state index in [1.54, 1.807) is 22.7 Å². The van der Waals surface area contributed by atoms with Crippen LogP contribution in [0, 0.1) is 5.82 Å². The molecule has 0 N–H and O–H groups in total. The molecule has 1 saturated heterocycles. The largest absolute Gasteiger partial charge is 0.374 e. The Bertz CT molecular complexity index is 1150. The summed E-state index contributed by atoms with van der Waals surface area (Å²) in [6.07, 6.45) is 0.0828. The quantitative estimate of drug-likeness (QED) is 0.532. The Balaban J connectivity index is 1.60. The van der Waals surface area contributed by atoms with Gasteiger partial charge in [0.2, 0.25) is 0 Å². The van der Waals surface area contributed by atoms with Crippen LogP contribution in [0.1, 0.15) is 18.5 Å². The van der Waals surface area contributed by atoms with Gasteiger partial charge in [0.15, 0.2) is 11.5 Å². The van der Waals surface area contributed by atoms with Crippen LogP contribution in [0.25, 0.3) is 17.0 Å². The van der Waals surface area contributed by atoms with Gasteiger partial charge < -0.3 is 9.64 Å². The molecule has 0 bridgehead atoms. The predicted molar refractivity (Wildman–Crippen MR) is 108 cm³/mol. The summed E-state index contributed by atoms with van der Waals surface area (Å²) >= 11 is 0. The summed E-state index contributed by atoms with van der Waals surface area (Å²) in [6, 6.07) is 20.6. The Morgan fingerprint density at radius 3 is 2.59 bits per heavy atom. The topological polar surface area (TPSA) is 55.6 Å². The minimum atomic E-state index is -0.351. The number of ether oxygens (including phenoxy) is 1. The molecule has 6 nitrogen and oxygen atoms in total. The lowest BCUT2D eigenvalue weighted by Gasteiger charge is -2.39. The van der Waals surface area contributed by atoms with E-state index in [4.69, 9.17) is 9.84 Å². The second-order valence-corrected chi connectivity index (χ2v) is 7.19. The zero-order valence-electron chi connectivity index (χ0n) is 15.9. The number of hydrogen-bond donors (Lipinski definition) is 0. The summed E-state index contributed by atoms with van der Waals surface area (Å²) in [7, 11) is 0. The third-order valence-electron chi connectivity index (χ3n) is 5.21. The van der Waals surface area contributed by atoms with Gasteiger partial charge in [-0.15, -0.1) is 15.3 Å². The van der Waals surface area contributed by atoms with E-state index in [0.717, 1.165) is 5.82 Å². The Morgan fingerprint density at radius 1 is 0.966 bits per heavy atom. The minimum Gasteiger partial charge on any atom is -0.374 e. The first-order valence-electron chi connectivity index (χ1n) is 9.61. The normalized spacial score (nSPS) is 19.6. The predicted octanol–water partition coefficient (Wildman–Crippen LogP) is 3.90. The van der Waals surface area contributed by atoms with E-state index in [0.29, 0.717) is 30.2 Å². The van der Waals surface area contributed by atoms with Crippen LogP contribution < -0.4 is 4.90 Å². The fourth-order valence-corrected chi connectivity index (χ4v) is 3.75. The van der Waals surface area contributed by atoms with Gasteiger partial charge in [-0.25, -0.2) is 4.39 Å². The molecule has 146 valence electrons. The number of fused-ring (bicyclic) bond motifs is 1. The SMILES string of the molecule is CC1CN(c2ccc3nnc(-c4ccccc4F)n3n2)C(c2ccccc2)CO1. The van der Waals surface area contributed by atoms with Crippen molar-refractivity contribution in [3.8, 4) is 11.4 Å². The van der Waals surface area contributed by atoms with Gasteiger partial charge in [0.05, 0.1) is 24.3 Å². The fourth-order valence-electron chi connectivity index (χ4n) is 3.75. The molecule has 2 unspecified atom stereocenters. The standard InChI is InChI=1S/C22H20FN5O/c1-15-13-27(19(14-29-15)16-7-3-2-4-8-16)21-12-11-20-24-25-22(28(20)26-21)17-9-5-6-10-18(17)23/h2-12,15,19H,13-14H2,1H3. The molecule has 2 aromatic carbocycles. The lowest BCUT2D eigenvalue weighted by atomic mass is 10.0. The van der Waals surface area contributed by atoms with E-state index >= 15 is 0 Å². The van der Waals surface area contributed by atoms with E-state index in [9.17, 15) is 4.39 Å². The smallest absolute Gasteiger partial charge is 0.188 e. The fraction of sp³-hybridized carbons (Fsp3) is 0.227. The average Bonchev–Trinajstić information content (AvgIpc) is 3.18. The molecule has 7 heteroatoms. The number of rotatable bonds is 3. The van der Waals surface area contributed by atoms with Crippen LogP contribution >= 0.6 is 0 Å². The van der Waals surface area contributed by atoms with Gasteiger partial charge in [0.1, 0.15) is 11.6 Å². The first-order valence-corrected chi connectivity index (χ1v) is 9.61. The van der Waals surface area contributed by atoms with Gasteiger partial charge in [-0.2, -0.15) is 4.52 Å². The molecule has 1 aliphatic heterocycles. The number of benzene rings is 2. The van der Waals surface area contributed by atoms with Crippen molar-refractivity contribution in [2.24, 2.45) is 0 Å². The van der Waals surface area contributed by atoms with Crippen LogP contribution in [0.4, 0.5) is 10.2 Å². The molecule has 0 amide bonds. The lowest BCUT2D eigenvalue weighted by molar-refractivity contribution is 0.0299. The Kier molecular flexibility index (Phi) is 4.44. The monoisotopic (exact) mass is 389 g/mol. The van der Waals surface area contributed by atoms with Crippen molar-refractivity contribution in [2.45, 2.75) is 19.1 Å². The highest BCUT2D eigenvalue weighted by Gasteiger charge is 2.29. The molecule has 2 atom stereocenters. The van der Waals surface area contributed by atoms with Crippen LogP contribution in [0.3, 0.4) is 0 Å². The average molecular weight is 389 g/mol. The third-order valence-corrected chi connectivity index (χ3v) is 5.21. The van der Waals surface area contributed by atoms with Gasteiger partial charge >= 0.3 is 0 Å². The molecule has 1 aliphatic rings. The molecule has 1 fully saturated rings. The number of halogens is 1. The first-order chi connectivity index (χ1) is 14.2. The molecule has 5 rings (SSSR count). The molecule has 0 saturated carbocycles. The zero-order chi connectivity index (χ0) is 19.8. The Hall–Kier alpha value is -3.32. The highest BCUT2D eigenvalue weighted by atomic mass is 19.1. The van der Waals surface area contributed by atoms with E-state index in [2.05, 4.69) is 34.2 Å². The minimum absolute atomic E-state index is 0.0470. The first kappa shape index (κ1) is 17.8. The Morgan fingerprint density at radius 2 is 1.76 bits per heavy atom. The van der Waals surface area contributed by atoms with Crippen molar-refractivity contribution in [1.82, 2.24) is 19.8 Å². The lowest BCUT2D eigenvalue weighted by Crippen LogP contribution is -2.44. The molecule has 0 radical (unpaired) electrons. The maximum absolute atomic E-state index is 14.3. The van der Waals surface area contributed by atoms with Crippen molar-refractivity contribution in [3.63, 3.8) is 0 Å².